The van der Waals surface area contributed by atoms with E-state index in [-0.39, 0.29) is 18.6 Å². The van der Waals surface area contributed by atoms with Crippen LogP contribution in [0.15, 0.2) is 28.8 Å². The summed E-state index contributed by atoms with van der Waals surface area (Å²) in [5.74, 6) is -0.159. The van der Waals surface area contributed by atoms with Gasteiger partial charge in [0.1, 0.15) is 0 Å². The third-order valence-corrected chi connectivity index (χ3v) is 3.02. The quantitative estimate of drug-likeness (QED) is 0.778. The van der Waals surface area contributed by atoms with E-state index in [0.717, 1.165) is 5.39 Å². The number of carbonyl (C=O) groups excluding carboxylic acids is 1. The van der Waals surface area contributed by atoms with Crippen LogP contribution in [0.2, 0.25) is 0 Å². The minimum Gasteiger partial charge on any atom is -0.396 e. The van der Waals surface area contributed by atoms with Crippen molar-refractivity contribution in [2.24, 2.45) is 0 Å². The molecule has 0 saturated carbocycles. The normalized spacial score (nSPS) is 11.2. The molecule has 9 heteroatoms. The molecule has 2 N–H and O–H groups in total. The standard InChI is InChI=1S/C14H18N2O3.CH4O3S/c1-10(2)16(8-5-9-17)14(18)13-11-6-3-4-7-12(11)19-15-13;1-5(2,3)4/h3-4,6-7,10,17H,5,8-9H2,1-2H3;1H3,(H,2,3,4). The number of nitrogens with zero attached hydrogens (tertiary/aromatic N) is 2. The Morgan fingerprint density at radius 2 is 1.92 bits per heavy atom. The lowest BCUT2D eigenvalue weighted by molar-refractivity contribution is 0.0684. The molecule has 2 rings (SSSR count). The molecule has 0 radical (unpaired) electrons. The number of hydrogen-bond acceptors (Lipinski definition) is 6. The van der Waals surface area contributed by atoms with Crippen molar-refractivity contribution in [2.45, 2.75) is 26.3 Å². The maximum Gasteiger partial charge on any atom is 0.276 e. The van der Waals surface area contributed by atoms with Crippen LogP contribution in [0.4, 0.5) is 0 Å². The molecule has 0 aliphatic rings. The molecule has 1 amide bonds. The largest absolute Gasteiger partial charge is 0.396 e. The van der Waals surface area contributed by atoms with Gasteiger partial charge in [0.25, 0.3) is 16.0 Å². The Morgan fingerprint density at radius 1 is 1.33 bits per heavy atom. The summed E-state index contributed by atoms with van der Waals surface area (Å²) in [5.41, 5.74) is 0.943. The molecule has 0 atom stereocenters. The van der Waals surface area contributed by atoms with Gasteiger partial charge in [0, 0.05) is 19.2 Å². The van der Waals surface area contributed by atoms with Gasteiger partial charge in [0.05, 0.1) is 11.6 Å². The number of amides is 1. The summed E-state index contributed by atoms with van der Waals surface area (Å²) in [7, 11) is -3.67. The zero-order chi connectivity index (χ0) is 18.3. The van der Waals surface area contributed by atoms with Gasteiger partial charge in [-0.15, -0.1) is 0 Å². The molecular weight excluding hydrogens is 336 g/mol. The van der Waals surface area contributed by atoms with E-state index in [1.54, 1.807) is 11.0 Å². The van der Waals surface area contributed by atoms with Gasteiger partial charge in [-0.2, -0.15) is 8.42 Å². The van der Waals surface area contributed by atoms with E-state index < -0.39 is 10.1 Å². The predicted molar refractivity (Wildman–Crippen MR) is 89.4 cm³/mol. The lowest BCUT2D eigenvalue weighted by Gasteiger charge is -2.25. The molecule has 0 aliphatic heterocycles. The van der Waals surface area contributed by atoms with Gasteiger partial charge in [-0.05, 0) is 32.4 Å². The fraction of sp³-hybridized carbons (Fsp3) is 0.467. The van der Waals surface area contributed by atoms with Crippen LogP contribution in [0.5, 0.6) is 0 Å². The number of aromatic nitrogens is 1. The molecule has 1 aromatic heterocycles. The number of benzene rings is 1. The number of fused-ring (bicyclic) bond motifs is 1. The molecule has 0 unspecified atom stereocenters. The van der Waals surface area contributed by atoms with E-state index in [1.807, 2.05) is 32.0 Å². The maximum absolute atomic E-state index is 12.5. The Hall–Kier alpha value is -1.97. The summed E-state index contributed by atoms with van der Waals surface area (Å²) in [6.45, 7) is 4.46. The summed E-state index contributed by atoms with van der Waals surface area (Å²) in [6.07, 6.45) is 1.27. The molecule has 2 aromatic rings. The third kappa shape index (κ3) is 6.26. The molecule has 0 aliphatic carbocycles. The average molecular weight is 358 g/mol. The molecular formula is C15H22N2O6S. The van der Waals surface area contributed by atoms with Gasteiger partial charge >= 0.3 is 0 Å². The van der Waals surface area contributed by atoms with Crippen molar-refractivity contribution in [2.75, 3.05) is 19.4 Å². The van der Waals surface area contributed by atoms with Gasteiger partial charge in [-0.3, -0.25) is 9.35 Å². The molecule has 0 bridgehead atoms. The van der Waals surface area contributed by atoms with Crippen molar-refractivity contribution in [3.8, 4) is 0 Å². The Kier molecular flexibility index (Phi) is 7.33. The molecule has 0 saturated heterocycles. The minimum absolute atomic E-state index is 0.0505. The number of hydrogen-bond donors (Lipinski definition) is 2. The Labute approximate surface area is 140 Å². The van der Waals surface area contributed by atoms with Crippen LogP contribution in [0, 0.1) is 0 Å². The van der Waals surface area contributed by atoms with Gasteiger partial charge in [-0.1, -0.05) is 17.3 Å². The lowest BCUT2D eigenvalue weighted by Crippen LogP contribution is -2.38. The topological polar surface area (TPSA) is 121 Å². The molecule has 0 spiro atoms. The van der Waals surface area contributed by atoms with Gasteiger partial charge in [0.15, 0.2) is 11.3 Å². The minimum atomic E-state index is -3.67. The second kappa shape index (κ2) is 8.76. The van der Waals surface area contributed by atoms with Gasteiger partial charge in [-0.25, -0.2) is 0 Å². The van der Waals surface area contributed by atoms with Crippen molar-refractivity contribution < 1.29 is 27.4 Å². The Morgan fingerprint density at radius 3 is 2.46 bits per heavy atom. The first-order chi connectivity index (χ1) is 11.1. The lowest BCUT2D eigenvalue weighted by atomic mass is 10.2. The van der Waals surface area contributed by atoms with Crippen LogP contribution in [0.25, 0.3) is 11.0 Å². The summed E-state index contributed by atoms with van der Waals surface area (Å²) < 4.78 is 31.0. The van der Waals surface area contributed by atoms with Crippen LogP contribution in [0.3, 0.4) is 0 Å². The molecule has 0 fully saturated rings. The third-order valence-electron chi connectivity index (χ3n) is 3.02. The van der Waals surface area contributed by atoms with Gasteiger partial charge in [0.2, 0.25) is 0 Å². The van der Waals surface area contributed by atoms with E-state index >= 15 is 0 Å². The summed E-state index contributed by atoms with van der Waals surface area (Å²) in [6, 6.07) is 7.35. The summed E-state index contributed by atoms with van der Waals surface area (Å²) >= 11 is 0. The van der Waals surface area contributed by atoms with Crippen molar-refractivity contribution in [3.05, 3.63) is 30.0 Å². The molecule has 134 valence electrons. The molecule has 1 heterocycles. The van der Waals surface area contributed by atoms with E-state index in [0.29, 0.717) is 30.5 Å². The van der Waals surface area contributed by atoms with Crippen LogP contribution in [-0.4, -0.2) is 59.5 Å². The SMILES string of the molecule is CC(C)N(CCCO)C(=O)c1noc2ccccc12.CS(=O)(=O)O. The van der Waals surface area contributed by atoms with Crippen LogP contribution in [0.1, 0.15) is 30.8 Å². The highest BCUT2D eigenvalue weighted by molar-refractivity contribution is 7.85. The highest BCUT2D eigenvalue weighted by Crippen LogP contribution is 2.20. The number of aliphatic hydroxyl groups is 1. The van der Waals surface area contributed by atoms with E-state index in [1.165, 1.54) is 0 Å². The highest BCUT2D eigenvalue weighted by Gasteiger charge is 2.23. The van der Waals surface area contributed by atoms with E-state index in [2.05, 4.69) is 5.16 Å². The number of para-hydroxylation sites is 1. The first-order valence-corrected chi connectivity index (χ1v) is 9.18. The van der Waals surface area contributed by atoms with E-state index in [4.69, 9.17) is 14.2 Å². The van der Waals surface area contributed by atoms with Crippen molar-refractivity contribution >= 4 is 27.0 Å². The zero-order valence-electron chi connectivity index (χ0n) is 13.8. The van der Waals surface area contributed by atoms with Crippen LogP contribution in [-0.2, 0) is 10.1 Å². The Bertz CT molecular complexity index is 761. The highest BCUT2D eigenvalue weighted by atomic mass is 32.2. The van der Waals surface area contributed by atoms with Crippen molar-refractivity contribution in [1.82, 2.24) is 10.1 Å². The predicted octanol–water partition coefficient (Wildman–Crippen LogP) is 1.56. The van der Waals surface area contributed by atoms with Crippen LogP contribution >= 0.6 is 0 Å². The number of carbonyl (C=O) groups is 1. The van der Waals surface area contributed by atoms with Crippen molar-refractivity contribution in [1.29, 1.82) is 0 Å². The molecule has 8 nitrogen and oxygen atoms in total. The van der Waals surface area contributed by atoms with Gasteiger partial charge < -0.3 is 14.5 Å². The smallest absolute Gasteiger partial charge is 0.276 e. The first-order valence-electron chi connectivity index (χ1n) is 7.33. The van der Waals surface area contributed by atoms with Crippen LogP contribution < -0.4 is 0 Å². The fourth-order valence-corrected chi connectivity index (χ4v) is 2.01. The van der Waals surface area contributed by atoms with Crippen molar-refractivity contribution in [3.63, 3.8) is 0 Å². The van der Waals surface area contributed by atoms with E-state index in [9.17, 15) is 13.2 Å². The maximum atomic E-state index is 12.5. The second-order valence-electron chi connectivity index (χ2n) is 5.43. The molecule has 1 aromatic carbocycles. The fourth-order valence-electron chi connectivity index (χ4n) is 2.01. The Balaban J connectivity index is 0.000000505. The zero-order valence-corrected chi connectivity index (χ0v) is 14.7. The summed E-state index contributed by atoms with van der Waals surface area (Å²) in [4.78, 5) is 14.2. The monoisotopic (exact) mass is 358 g/mol. The number of aliphatic hydroxyl groups excluding tert-OH is 1. The average Bonchev–Trinajstić information content (AvgIpc) is 2.89. The summed E-state index contributed by atoms with van der Waals surface area (Å²) in [5, 5.41) is 13.5. The first kappa shape index (κ1) is 20.1. The number of rotatable bonds is 5. The second-order valence-corrected chi connectivity index (χ2v) is 6.90. The molecule has 24 heavy (non-hydrogen) atoms.